The minimum Gasteiger partial charge on any atom is -0.324 e. The lowest BCUT2D eigenvalue weighted by molar-refractivity contribution is -0.125. The normalized spacial score (nSPS) is 17.0. The summed E-state index contributed by atoms with van der Waals surface area (Å²) in [6.07, 6.45) is 1.19. The predicted molar refractivity (Wildman–Crippen MR) is 72.3 cm³/mol. The first-order valence-corrected chi connectivity index (χ1v) is 6.37. The molecule has 9 heteroatoms. The SMILES string of the molecule is O=C1CC(C(=O)Nc2ccc(F)c(Cl)c2)n2ncnc2N1. The van der Waals surface area contributed by atoms with Gasteiger partial charge in [-0.1, -0.05) is 11.6 Å². The van der Waals surface area contributed by atoms with Crippen LogP contribution in [0.3, 0.4) is 0 Å². The molecule has 1 atom stereocenters. The average molecular weight is 310 g/mol. The lowest BCUT2D eigenvalue weighted by atomic mass is 10.1. The van der Waals surface area contributed by atoms with Crippen molar-refractivity contribution in [3.05, 3.63) is 35.4 Å². The minimum atomic E-state index is -0.819. The Morgan fingerprint density at radius 2 is 2.33 bits per heavy atom. The van der Waals surface area contributed by atoms with Crippen molar-refractivity contribution in [1.82, 2.24) is 14.8 Å². The first kappa shape index (κ1) is 13.5. The standard InChI is InChI=1S/C12H9ClFN5O2/c13-7-3-6(1-2-8(7)14)17-11(21)9-4-10(20)18-12-15-5-16-19(9)12/h1-3,5,9H,4H2,(H,17,21)(H,15,16,18,20). The molecule has 1 aromatic heterocycles. The topological polar surface area (TPSA) is 88.9 Å². The van der Waals surface area contributed by atoms with Crippen LogP contribution in [0.1, 0.15) is 12.5 Å². The van der Waals surface area contributed by atoms with Gasteiger partial charge in [-0.05, 0) is 18.2 Å². The van der Waals surface area contributed by atoms with Crippen molar-refractivity contribution < 1.29 is 14.0 Å². The number of anilines is 2. The quantitative estimate of drug-likeness (QED) is 0.881. The molecule has 2 heterocycles. The molecule has 0 saturated carbocycles. The third-order valence-electron chi connectivity index (χ3n) is 2.99. The fourth-order valence-electron chi connectivity index (χ4n) is 2.01. The number of nitrogens with zero attached hydrogens (tertiary/aromatic N) is 3. The van der Waals surface area contributed by atoms with Gasteiger partial charge in [0.15, 0.2) is 0 Å². The number of rotatable bonds is 2. The number of amides is 2. The van der Waals surface area contributed by atoms with E-state index in [-0.39, 0.29) is 23.3 Å². The van der Waals surface area contributed by atoms with E-state index in [1.54, 1.807) is 0 Å². The van der Waals surface area contributed by atoms with E-state index < -0.39 is 17.8 Å². The molecule has 0 fully saturated rings. The summed E-state index contributed by atoms with van der Waals surface area (Å²) in [5.74, 6) is -1.15. The highest BCUT2D eigenvalue weighted by Gasteiger charge is 2.31. The number of fused-ring (bicyclic) bond motifs is 1. The monoisotopic (exact) mass is 309 g/mol. The molecule has 1 unspecified atom stereocenters. The van der Waals surface area contributed by atoms with E-state index in [4.69, 9.17) is 11.6 Å². The number of carbonyl (C=O) groups is 2. The highest BCUT2D eigenvalue weighted by molar-refractivity contribution is 6.31. The zero-order valence-corrected chi connectivity index (χ0v) is 11.3. The number of nitrogens with one attached hydrogen (secondary N) is 2. The lowest BCUT2D eigenvalue weighted by Gasteiger charge is -2.22. The summed E-state index contributed by atoms with van der Waals surface area (Å²) in [6, 6.07) is 3.00. The van der Waals surface area contributed by atoms with Crippen molar-refractivity contribution in [3.8, 4) is 0 Å². The highest BCUT2D eigenvalue weighted by atomic mass is 35.5. The van der Waals surface area contributed by atoms with Gasteiger partial charge in [-0.2, -0.15) is 10.1 Å². The Labute approximate surface area is 123 Å². The number of aromatic nitrogens is 3. The van der Waals surface area contributed by atoms with Gasteiger partial charge in [0.25, 0.3) is 0 Å². The lowest BCUT2D eigenvalue weighted by Crippen LogP contribution is -2.36. The summed E-state index contributed by atoms with van der Waals surface area (Å²) in [6.45, 7) is 0. The fraction of sp³-hybridized carbons (Fsp3) is 0.167. The van der Waals surface area contributed by atoms with Crippen LogP contribution in [-0.4, -0.2) is 26.6 Å². The number of hydrogen-bond acceptors (Lipinski definition) is 4. The van der Waals surface area contributed by atoms with Gasteiger partial charge in [0, 0.05) is 5.69 Å². The largest absolute Gasteiger partial charge is 0.324 e. The first-order chi connectivity index (χ1) is 10.0. The molecule has 0 saturated heterocycles. The van der Waals surface area contributed by atoms with E-state index in [1.165, 1.54) is 23.1 Å². The molecule has 0 bridgehead atoms. The maximum absolute atomic E-state index is 13.1. The molecule has 2 aromatic rings. The van der Waals surface area contributed by atoms with Crippen LogP contribution in [0.2, 0.25) is 5.02 Å². The van der Waals surface area contributed by atoms with Gasteiger partial charge in [-0.25, -0.2) is 9.07 Å². The van der Waals surface area contributed by atoms with E-state index in [9.17, 15) is 14.0 Å². The maximum Gasteiger partial charge on any atom is 0.249 e. The van der Waals surface area contributed by atoms with Crippen LogP contribution in [0.15, 0.2) is 24.5 Å². The summed E-state index contributed by atoms with van der Waals surface area (Å²) in [5.41, 5.74) is 0.332. The third-order valence-corrected chi connectivity index (χ3v) is 3.28. The molecule has 1 aromatic carbocycles. The van der Waals surface area contributed by atoms with E-state index in [1.807, 2.05) is 0 Å². The number of hydrogen-bond donors (Lipinski definition) is 2. The summed E-state index contributed by atoms with van der Waals surface area (Å²) in [4.78, 5) is 27.6. The second-order valence-corrected chi connectivity index (χ2v) is 4.82. The summed E-state index contributed by atoms with van der Waals surface area (Å²) >= 11 is 5.65. The van der Waals surface area contributed by atoms with Gasteiger partial charge < -0.3 is 5.32 Å². The van der Waals surface area contributed by atoms with Gasteiger partial charge in [0.2, 0.25) is 17.8 Å². The van der Waals surface area contributed by atoms with Crippen molar-refractivity contribution in [2.45, 2.75) is 12.5 Å². The van der Waals surface area contributed by atoms with Crippen LogP contribution >= 0.6 is 11.6 Å². The number of benzene rings is 1. The molecular formula is C12H9ClFN5O2. The zero-order valence-electron chi connectivity index (χ0n) is 10.5. The van der Waals surface area contributed by atoms with Crippen molar-refractivity contribution in [1.29, 1.82) is 0 Å². The fourth-order valence-corrected chi connectivity index (χ4v) is 2.19. The van der Waals surface area contributed by atoms with Crippen LogP contribution < -0.4 is 10.6 Å². The Morgan fingerprint density at radius 1 is 1.52 bits per heavy atom. The van der Waals surface area contributed by atoms with Gasteiger partial charge >= 0.3 is 0 Å². The Bertz CT molecular complexity index is 732. The smallest absolute Gasteiger partial charge is 0.249 e. The molecule has 7 nitrogen and oxygen atoms in total. The summed E-state index contributed by atoms with van der Waals surface area (Å²) in [7, 11) is 0. The van der Waals surface area contributed by atoms with Crippen molar-refractivity contribution in [3.63, 3.8) is 0 Å². The molecule has 3 rings (SSSR count). The third kappa shape index (κ3) is 2.57. The Hall–Kier alpha value is -2.48. The second kappa shape index (κ2) is 5.13. The Balaban J connectivity index is 1.83. The maximum atomic E-state index is 13.1. The molecule has 1 aliphatic heterocycles. The Morgan fingerprint density at radius 3 is 3.10 bits per heavy atom. The molecule has 2 N–H and O–H groups in total. The summed E-state index contributed by atoms with van der Waals surface area (Å²) in [5, 5.41) is 8.89. The van der Waals surface area contributed by atoms with Gasteiger partial charge in [-0.3, -0.25) is 14.9 Å². The number of carbonyl (C=O) groups excluding carboxylic acids is 2. The van der Waals surface area contributed by atoms with Crippen LogP contribution in [0.5, 0.6) is 0 Å². The molecule has 0 aliphatic carbocycles. The molecular weight excluding hydrogens is 301 g/mol. The molecule has 21 heavy (non-hydrogen) atoms. The van der Waals surface area contributed by atoms with Crippen molar-refractivity contribution >= 4 is 35.1 Å². The van der Waals surface area contributed by atoms with Crippen molar-refractivity contribution in [2.24, 2.45) is 0 Å². The predicted octanol–water partition coefficient (Wildman–Crippen LogP) is 1.59. The van der Waals surface area contributed by atoms with E-state index >= 15 is 0 Å². The van der Waals surface area contributed by atoms with Gasteiger partial charge in [0.05, 0.1) is 11.4 Å². The van der Waals surface area contributed by atoms with Crippen LogP contribution in [-0.2, 0) is 9.59 Å². The first-order valence-electron chi connectivity index (χ1n) is 6.00. The van der Waals surface area contributed by atoms with E-state index in [0.29, 0.717) is 5.69 Å². The minimum absolute atomic E-state index is 0.0584. The zero-order chi connectivity index (χ0) is 15.0. The van der Waals surface area contributed by atoms with E-state index in [0.717, 1.165) is 6.07 Å². The molecule has 2 amide bonds. The molecule has 0 radical (unpaired) electrons. The van der Waals surface area contributed by atoms with Crippen LogP contribution in [0.25, 0.3) is 0 Å². The van der Waals surface area contributed by atoms with Crippen LogP contribution in [0, 0.1) is 5.82 Å². The summed E-state index contributed by atoms with van der Waals surface area (Å²) < 4.78 is 14.4. The molecule has 108 valence electrons. The van der Waals surface area contributed by atoms with Crippen LogP contribution in [0.4, 0.5) is 16.0 Å². The number of halogens is 2. The second-order valence-electron chi connectivity index (χ2n) is 4.41. The average Bonchev–Trinajstić information content (AvgIpc) is 2.90. The Kier molecular flexibility index (Phi) is 3.30. The molecule has 1 aliphatic rings. The van der Waals surface area contributed by atoms with Gasteiger partial charge in [0.1, 0.15) is 18.2 Å². The van der Waals surface area contributed by atoms with E-state index in [2.05, 4.69) is 20.7 Å². The highest BCUT2D eigenvalue weighted by Crippen LogP contribution is 2.24. The van der Waals surface area contributed by atoms with Crippen molar-refractivity contribution in [2.75, 3.05) is 10.6 Å². The van der Waals surface area contributed by atoms with Gasteiger partial charge in [-0.15, -0.1) is 0 Å². The molecule has 0 spiro atoms.